The van der Waals surface area contributed by atoms with Crippen molar-refractivity contribution in [3.8, 4) is 0 Å². The van der Waals surface area contributed by atoms with Crippen LogP contribution in [0.4, 0.5) is 0 Å². The molecule has 0 radical (unpaired) electrons. The minimum absolute atomic E-state index is 0.497. The van der Waals surface area contributed by atoms with Crippen molar-refractivity contribution in [2.45, 2.75) is 44.6 Å². The topological polar surface area (TPSA) is 32.5 Å². The van der Waals surface area contributed by atoms with Crippen LogP contribution in [0.25, 0.3) is 0 Å². The molecule has 0 spiro atoms. The maximum absolute atomic E-state index is 5.98. The van der Waals surface area contributed by atoms with Gasteiger partial charge in [0.05, 0.1) is 0 Å². The highest BCUT2D eigenvalue weighted by Crippen LogP contribution is 2.41. The Labute approximate surface area is 105 Å². The molecule has 1 atom stereocenters. The minimum Gasteiger partial charge on any atom is -0.330 e. The van der Waals surface area contributed by atoms with Crippen molar-refractivity contribution in [3.05, 3.63) is 0 Å². The summed E-state index contributed by atoms with van der Waals surface area (Å²) in [4.78, 5) is 5.42. The van der Waals surface area contributed by atoms with E-state index in [0.717, 1.165) is 12.6 Å². The number of piperazine rings is 1. The van der Waals surface area contributed by atoms with Crippen molar-refractivity contribution in [1.29, 1.82) is 0 Å². The molecule has 17 heavy (non-hydrogen) atoms. The largest absolute Gasteiger partial charge is 0.330 e. The molecule has 3 aliphatic rings. The number of fused-ring (bicyclic) bond motifs is 1. The van der Waals surface area contributed by atoms with E-state index >= 15 is 0 Å². The molecular formula is C14H27N3. The number of piperidine rings is 1. The fraction of sp³-hybridized carbons (Fsp3) is 1.00. The van der Waals surface area contributed by atoms with E-state index in [1.165, 1.54) is 71.2 Å². The number of hydrogen-bond acceptors (Lipinski definition) is 3. The van der Waals surface area contributed by atoms with Crippen LogP contribution in [-0.4, -0.2) is 55.1 Å². The van der Waals surface area contributed by atoms with Crippen LogP contribution in [0.15, 0.2) is 0 Å². The molecule has 0 aromatic rings. The third-order valence-corrected chi connectivity index (χ3v) is 5.33. The molecule has 1 unspecified atom stereocenters. The molecule has 1 aliphatic carbocycles. The fourth-order valence-corrected chi connectivity index (χ4v) is 3.94. The highest BCUT2D eigenvalue weighted by atomic mass is 15.3. The maximum atomic E-state index is 5.98. The molecule has 3 rings (SSSR count). The molecule has 3 heteroatoms. The summed E-state index contributed by atoms with van der Waals surface area (Å²) in [5.41, 5.74) is 6.48. The average Bonchev–Trinajstić information content (AvgIpc) is 2.34. The van der Waals surface area contributed by atoms with E-state index < -0.39 is 0 Å². The van der Waals surface area contributed by atoms with Gasteiger partial charge >= 0.3 is 0 Å². The highest BCUT2D eigenvalue weighted by molar-refractivity contribution is 4.94. The third-order valence-electron chi connectivity index (χ3n) is 5.33. The second-order valence-corrected chi connectivity index (χ2v) is 6.48. The van der Waals surface area contributed by atoms with Crippen LogP contribution in [0, 0.1) is 5.41 Å². The first-order valence-corrected chi connectivity index (χ1v) is 7.48. The van der Waals surface area contributed by atoms with Crippen molar-refractivity contribution in [1.82, 2.24) is 9.80 Å². The number of nitrogens with two attached hydrogens (primary N) is 1. The van der Waals surface area contributed by atoms with Gasteiger partial charge in [-0.05, 0) is 44.2 Å². The smallest absolute Gasteiger partial charge is 0.0223 e. The summed E-state index contributed by atoms with van der Waals surface area (Å²) in [5.74, 6) is 0. The number of rotatable bonds is 3. The first-order chi connectivity index (χ1) is 8.31. The fourth-order valence-electron chi connectivity index (χ4n) is 3.94. The lowest BCUT2D eigenvalue weighted by Gasteiger charge is -2.49. The first kappa shape index (κ1) is 11.9. The Kier molecular flexibility index (Phi) is 3.42. The SMILES string of the molecule is NCC1(CN2CCN3CCCCC3C2)CCC1. The predicted molar refractivity (Wildman–Crippen MR) is 71.0 cm³/mol. The van der Waals surface area contributed by atoms with Gasteiger partial charge in [-0.2, -0.15) is 0 Å². The summed E-state index contributed by atoms with van der Waals surface area (Å²) in [6, 6.07) is 0.854. The maximum Gasteiger partial charge on any atom is 0.0223 e. The summed E-state index contributed by atoms with van der Waals surface area (Å²) in [5, 5.41) is 0. The van der Waals surface area contributed by atoms with E-state index in [9.17, 15) is 0 Å². The van der Waals surface area contributed by atoms with Gasteiger partial charge < -0.3 is 5.73 Å². The molecule has 1 saturated carbocycles. The number of nitrogens with zero attached hydrogens (tertiary/aromatic N) is 2. The average molecular weight is 237 g/mol. The molecule has 2 saturated heterocycles. The Hall–Kier alpha value is -0.120. The molecule has 0 bridgehead atoms. The van der Waals surface area contributed by atoms with Gasteiger partial charge in [-0.15, -0.1) is 0 Å². The van der Waals surface area contributed by atoms with Crippen LogP contribution < -0.4 is 5.73 Å². The first-order valence-electron chi connectivity index (χ1n) is 7.48. The van der Waals surface area contributed by atoms with Gasteiger partial charge in [0, 0.05) is 32.2 Å². The zero-order chi connectivity index (χ0) is 11.7. The quantitative estimate of drug-likeness (QED) is 0.803. The Balaban J connectivity index is 1.55. The van der Waals surface area contributed by atoms with Crippen molar-refractivity contribution in [3.63, 3.8) is 0 Å². The van der Waals surface area contributed by atoms with Crippen LogP contribution in [0.3, 0.4) is 0 Å². The Morgan fingerprint density at radius 3 is 2.65 bits per heavy atom. The number of hydrogen-bond donors (Lipinski definition) is 1. The minimum atomic E-state index is 0.497. The van der Waals surface area contributed by atoms with Gasteiger partial charge in [-0.25, -0.2) is 0 Å². The van der Waals surface area contributed by atoms with Gasteiger partial charge in [0.2, 0.25) is 0 Å². The highest BCUT2D eigenvalue weighted by Gasteiger charge is 2.39. The molecular weight excluding hydrogens is 210 g/mol. The van der Waals surface area contributed by atoms with Crippen molar-refractivity contribution < 1.29 is 0 Å². The molecule has 2 heterocycles. The summed E-state index contributed by atoms with van der Waals surface area (Å²) < 4.78 is 0. The molecule has 2 aliphatic heterocycles. The predicted octanol–water partition coefficient (Wildman–Crippen LogP) is 1.29. The van der Waals surface area contributed by atoms with Crippen LogP contribution >= 0.6 is 0 Å². The van der Waals surface area contributed by atoms with Gasteiger partial charge in [-0.3, -0.25) is 9.80 Å². The normalized spacial score (nSPS) is 34.1. The standard InChI is InChI=1S/C14H27N3/c15-11-14(5-3-6-14)12-16-8-9-17-7-2-1-4-13(17)10-16/h13H,1-12,15H2. The van der Waals surface area contributed by atoms with Gasteiger partial charge in [0.25, 0.3) is 0 Å². The Morgan fingerprint density at radius 2 is 1.94 bits per heavy atom. The van der Waals surface area contributed by atoms with E-state index in [0.29, 0.717) is 5.41 Å². The summed E-state index contributed by atoms with van der Waals surface area (Å²) >= 11 is 0. The molecule has 2 N–H and O–H groups in total. The van der Waals surface area contributed by atoms with E-state index in [1.807, 2.05) is 0 Å². The van der Waals surface area contributed by atoms with E-state index in [-0.39, 0.29) is 0 Å². The molecule has 0 aromatic carbocycles. The third kappa shape index (κ3) is 2.38. The monoisotopic (exact) mass is 237 g/mol. The van der Waals surface area contributed by atoms with Crippen molar-refractivity contribution in [2.75, 3.05) is 39.3 Å². The van der Waals surface area contributed by atoms with E-state index in [4.69, 9.17) is 5.73 Å². The molecule has 98 valence electrons. The zero-order valence-electron chi connectivity index (χ0n) is 11.0. The van der Waals surface area contributed by atoms with Gasteiger partial charge in [0.1, 0.15) is 0 Å². The van der Waals surface area contributed by atoms with Crippen molar-refractivity contribution >= 4 is 0 Å². The molecule has 0 amide bonds. The molecule has 3 fully saturated rings. The Bertz CT molecular complexity index is 257. The summed E-state index contributed by atoms with van der Waals surface area (Å²) in [6.45, 7) is 7.40. The molecule has 3 nitrogen and oxygen atoms in total. The van der Waals surface area contributed by atoms with Crippen LogP contribution in [0.2, 0.25) is 0 Å². The lowest BCUT2D eigenvalue weighted by atomic mass is 9.68. The zero-order valence-corrected chi connectivity index (χ0v) is 11.0. The summed E-state index contributed by atoms with van der Waals surface area (Å²) in [7, 11) is 0. The van der Waals surface area contributed by atoms with Crippen LogP contribution in [0.5, 0.6) is 0 Å². The summed E-state index contributed by atoms with van der Waals surface area (Å²) in [6.07, 6.45) is 8.43. The second-order valence-electron chi connectivity index (χ2n) is 6.48. The Morgan fingerprint density at radius 1 is 1.06 bits per heavy atom. The van der Waals surface area contributed by atoms with Crippen LogP contribution in [-0.2, 0) is 0 Å². The van der Waals surface area contributed by atoms with Gasteiger partial charge in [0.15, 0.2) is 0 Å². The second kappa shape index (κ2) is 4.87. The lowest BCUT2D eigenvalue weighted by molar-refractivity contribution is 0.00569. The van der Waals surface area contributed by atoms with Gasteiger partial charge in [-0.1, -0.05) is 12.8 Å². The van der Waals surface area contributed by atoms with Crippen molar-refractivity contribution in [2.24, 2.45) is 11.1 Å². The van der Waals surface area contributed by atoms with E-state index in [1.54, 1.807) is 0 Å². The van der Waals surface area contributed by atoms with E-state index in [2.05, 4.69) is 9.80 Å². The lowest BCUT2D eigenvalue weighted by Crippen LogP contribution is -2.58. The molecule has 0 aromatic heterocycles. The van der Waals surface area contributed by atoms with Crippen LogP contribution in [0.1, 0.15) is 38.5 Å².